The minimum Gasteiger partial charge on any atom is -0.444 e. The number of ether oxygens (including phenoxy) is 2. The minimum absolute atomic E-state index is 0.0186. The molecule has 2 aliphatic heterocycles. The molecule has 3 rings (SSSR count). The topological polar surface area (TPSA) is 67.8 Å². The van der Waals surface area contributed by atoms with Gasteiger partial charge in [0, 0.05) is 12.8 Å². The molecule has 2 saturated heterocycles. The van der Waals surface area contributed by atoms with Crippen molar-refractivity contribution in [1.29, 1.82) is 0 Å². The molecule has 3 aliphatic rings. The summed E-state index contributed by atoms with van der Waals surface area (Å²) in [7, 11) is 0. The number of aliphatic hydroxyl groups is 1. The Hall–Kier alpha value is -0.810. The monoisotopic (exact) mass is 229 g/mol. The van der Waals surface area contributed by atoms with E-state index in [0.29, 0.717) is 19.4 Å². The molecule has 0 spiro atoms. The van der Waals surface area contributed by atoms with Crippen molar-refractivity contribution in [1.82, 2.24) is 5.32 Å². The Labute approximate surface area is 95.1 Å². The van der Waals surface area contributed by atoms with Gasteiger partial charge in [-0.2, -0.15) is 0 Å². The van der Waals surface area contributed by atoms with E-state index in [-0.39, 0.29) is 12.1 Å². The van der Waals surface area contributed by atoms with Crippen molar-refractivity contribution in [3.8, 4) is 0 Å². The van der Waals surface area contributed by atoms with Crippen molar-refractivity contribution in [2.24, 2.45) is 0 Å². The van der Waals surface area contributed by atoms with Crippen molar-refractivity contribution in [3.05, 3.63) is 0 Å². The van der Waals surface area contributed by atoms with Gasteiger partial charge in [-0.3, -0.25) is 0 Å². The van der Waals surface area contributed by atoms with Crippen molar-refractivity contribution in [2.75, 3.05) is 13.2 Å². The van der Waals surface area contributed by atoms with Crippen LogP contribution in [0.3, 0.4) is 0 Å². The van der Waals surface area contributed by atoms with E-state index >= 15 is 0 Å². The van der Waals surface area contributed by atoms with E-state index < -0.39 is 17.3 Å². The lowest BCUT2D eigenvalue weighted by Crippen LogP contribution is -2.61. The first-order valence-electron chi connectivity index (χ1n) is 5.54. The summed E-state index contributed by atoms with van der Waals surface area (Å²) in [5, 5.41) is 12.0. The number of nitrogens with one attached hydrogen (secondary N) is 1. The fourth-order valence-electron chi connectivity index (χ4n) is 2.48. The second-order valence-corrected chi connectivity index (χ2v) is 5.89. The maximum atomic E-state index is 11.6. The van der Waals surface area contributed by atoms with E-state index in [2.05, 4.69) is 5.32 Å². The Morgan fingerprint density at radius 2 is 2.12 bits per heavy atom. The van der Waals surface area contributed by atoms with Crippen molar-refractivity contribution in [2.45, 2.75) is 50.4 Å². The molecule has 2 bridgehead atoms. The molecule has 1 amide bonds. The third-order valence-corrected chi connectivity index (χ3v) is 3.03. The highest BCUT2D eigenvalue weighted by atomic mass is 16.6. The van der Waals surface area contributed by atoms with Gasteiger partial charge in [-0.05, 0) is 20.8 Å². The van der Waals surface area contributed by atoms with Crippen LogP contribution in [0.25, 0.3) is 0 Å². The molecule has 2 heterocycles. The van der Waals surface area contributed by atoms with Crippen LogP contribution in [0, 0.1) is 0 Å². The van der Waals surface area contributed by atoms with Gasteiger partial charge in [-0.25, -0.2) is 4.79 Å². The summed E-state index contributed by atoms with van der Waals surface area (Å²) in [5.74, 6) is 0. The van der Waals surface area contributed by atoms with Crippen LogP contribution in [0.2, 0.25) is 0 Å². The minimum atomic E-state index is -0.488. The van der Waals surface area contributed by atoms with Crippen LogP contribution in [0.15, 0.2) is 0 Å². The quantitative estimate of drug-likeness (QED) is 0.735. The first-order valence-corrected chi connectivity index (χ1v) is 5.54. The summed E-state index contributed by atoms with van der Waals surface area (Å²) in [6, 6.07) is 0. The summed E-state index contributed by atoms with van der Waals surface area (Å²) < 4.78 is 10.7. The molecule has 0 aromatic heterocycles. The van der Waals surface area contributed by atoms with Crippen LogP contribution < -0.4 is 5.32 Å². The summed E-state index contributed by atoms with van der Waals surface area (Å²) in [6.45, 7) is 5.97. The van der Waals surface area contributed by atoms with E-state index in [1.54, 1.807) is 0 Å². The molecule has 5 heteroatoms. The van der Waals surface area contributed by atoms with Crippen LogP contribution in [0.5, 0.6) is 0 Å². The number of fused-ring (bicyclic) bond motifs is 1. The Morgan fingerprint density at radius 1 is 1.50 bits per heavy atom. The summed E-state index contributed by atoms with van der Waals surface area (Å²) in [5.41, 5.74) is -1.21. The third kappa shape index (κ3) is 2.01. The molecular formula is C11H19NO4. The Kier molecular flexibility index (Phi) is 2.44. The summed E-state index contributed by atoms with van der Waals surface area (Å²) in [6.07, 6.45) is 0.940. The van der Waals surface area contributed by atoms with Crippen molar-refractivity contribution in [3.63, 3.8) is 0 Å². The van der Waals surface area contributed by atoms with Gasteiger partial charge in [0.2, 0.25) is 0 Å². The number of carbonyl (C=O) groups is 1. The zero-order chi connectivity index (χ0) is 12.0. The third-order valence-electron chi connectivity index (χ3n) is 3.03. The molecule has 0 aromatic carbocycles. The number of hydrogen-bond acceptors (Lipinski definition) is 4. The number of amides is 1. The molecule has 16 heavy (non-hydrogen) atoms. The smallest absolute Gasteiger partial charge is 0.408 e. The normalized spacial score (nSPS) is 36.8. The molecule has 0 atom stereocenters. The predicted molar refractivity (Wildman–Crippen MR) is 57.1 cm³/mol. The van der Waals surface area contributed by atoms with E-state index in [0.717, 1.165) is 0 Å². The number of rotatable bonds is 2. The van der Waals surface area contributed by atoms with Gasteiger partial charge in [0.15, 0.2) is 0 Å². The highest BCUT2D eigenvalue weighted by Gasteiger charge is 2.63. The number of hydrogen-bond donors (Lipinski definition) is 2. The van der Waals surface area contributed by atoms with Crippen LogP contribution in [0.4, 0.5) is 4.79 Å². The Morgan fingerprint density at radius 3 is 2.56 bits per heavy atom. The van der Waals surface area contributed by atoms with Crippen LogP contribution in [-0.2, 0) is 9.47 Å². The molecular weight excluding hydrogens is 210 g/mol. The van der Waals surface area contributed by atoms with Crippen LogP contribution in [0.1, 0.15) is 33.6 Å². The fourth-order valence-corrected chi connectivity index (χ4v) is 2.48. The molecule has 5 nitrogen and oxygen atoms in total. The van der Waals surface area contributed by atoms with Gasteiger partial charge < -0.3 is 19.9 Å². The summed E-state index contributed by atoms with van der Waals surface area (Å²) in [4.78, 5) is 11.6. The molecule has 1 aliphatic carbocycles. The average molecular weight is 229 g/mol. The molecule has 0 radical (unpaired) electrons. The highest BCUT2D eigenvalue weighted by molar-refractivity contribution is 5.69. The highest BCUT2D eigenvalue weighted by Crippen LogP contribution is 2.51. The zero-order valence-corrected chi connectivity index (χ0v) is 10.0. The van der Waals surface area contributed by atoms with Gasteiger partial charge in [0.05, 0.1) is 24.4 Å². The molecule has 3 fully saturated rings. The van der Waals surface area contributed by atoms with Gasteiger partial charge in [0.25, 0.3) is 0 Å². The van der Waals surface area contributed by atoms with E-state index in [9.17, 15) is 4.79 Å². The van der Waals surface area contributed by atoms with Crippen molar-refractivity contribution < 1.29 is 19.4 Å². The van der Waals surface area contributed by atoms with Gasteiger partial charge >= 0.3 is 6.09 Å². The number of aliphatic hydroxyl groups excluding tert-OH is 1. The summed E-state index contributed by atoms with van der Waals surface area (Å²) >= 11 is 0. The standard InChI is InChI=1S/C11H19NO4/c1-9(2,3)16-8(14)12-10-4-11(5-10,6-13)15-7-10/h13H,4-7H2,1-3H3,(H,12,14). The van der Waals surface area contributed by atoms with E-state index in [4.69, 9.17) is 14.6 Å². The Balaban J connectivity index is 1.87. The zero-order valence-electron chi connectivity index (χ0n) is 10.0. The maximum Gasteiger partial charge on any atom is 0.408 e. The lowest BCUT2D eigenvalue weighted by molar-refractivity contribution is -0.0509. The number of carbonyl (C=O) groups excluding carboxylic acids is 1. The second kappa shape index (κ2) is 3.34. The lowest BCUT2D eigenvalue weighted by Gasteiger charge is -2.43. The predicted octanol–water partition coefficient (Wildman–Crippen LogP) is 0.805. The largest absolute Gasteiger partial charge is 0.444 e. The molecule has 2 N–H and O–H groups in total. The van der Waals surface area contributed by atoms with Gasteiger partial charge in [-0.15, -0.1) is 0 Å². The molecule has 0 unspecified atom stereocenters. The SMILES string of the molecule is CC(C)(C)OC(=O)NC12COC(CO)(C1)C2. The first-order chi connectivity index (χ1) is 7.28. The Bertz CT molecular complexity index is 302. The average Bonchev–Trinajstić information content (AvgIpc) is 2.55. The molecule has 1 saturated carbocycles. The maximum absolute atomic E-state index is 11.6. The molecule has 0 aromatic rings. The first kappa shape index (κ1) is 11.7. The van der Waals surface area contributed by atoms with Crippen LogP contribution >= 0.6 is 0 Å². The van der Waals surface area contributed by atoms with E-state index in [1.807, 2.05) is 20.8 Å². The van der Waals surface area contributed by atoms with Gasteiger partial charge in [0.1, 0.15) is 5.60 Å². The number of alkyl carbamates (subject to hydrolysis) is 1. The second-order valence-electron chi connectivity index (χ2n) is 5.89. The lowest BCUT2D eigenvalue weighted by atomic mass is 9.69. The van der Waals surface area contributed by atoms with Gasteiger partial charge in [-0.1, -0.05) is 0 Å². The van der Waals surface area contributed by atoms with Crippen molar-refractivity contribution >= 4 is 6.09 Å². The van der Waals surface area contributed by atoms with Crippen LogP contribution in [-0.4, -0.2) is 41.2 Å². The fraction of sp³-hybridized carbons (Fsp3) is 0.909. The molecule has 92 valence electrons. The van der Waals surface area contributed by atoms with E-state index in [1.165, 1.54) is 0 Å².